The molecule has 0 aliphatic heterocycles. The summed E-state index contributed by atoms with van der Waals surface area (Å²) < 4.78 is 11.8. The van der Waals surface area contributed by atoms with E-state index < -0.39 is 0 Å². The van der Waals surface area contributed by atoms with Gasteiger partial charge in [0.1, 0.15) is 13.2 Å². The lowest BCUT2D eigenvalue weighted by molar-refractivity contribution is -0.862. The Bertz CT molecular complexity index is 655. The van der Waals surface area contributed by atoms with Gasteiger partial charge in [-0.2, -0.15) is 0 Å². The number of quaternary nitrogens is 1. The van der Waals surface area contributed by atoms with E-state index in [1.807, 2.05) is 21.1 Å². The number of hydrogen-bond acceptors (Lipinski definition) is 5. The number of rotatable bonds is 34. The minimum Gasteiger partial charge on any atom is -1.00 e. The number of unbranched alkanes of at least 4 members (excludes halogenated alkanes) is 18. The van der Waals surface area contributed by atoms with Crippen molar-refractivity contribution < 1.29 is 40.7 Å². The van der Waals surface area contributed by atoms with Crippen LogP contribution in [0, 0.1) is 0 Å². The summed E-state index contributed by atoms with van der Waals surface area (Å²) in [5.41, 5.74) is 0. The normalized spacial score (nSPS) is 11.4. The number of likely N-dealkylation sites (N-methyl/N-ethyl adjacent to an activating group) is 1. The summed E-state index contributed by atoms with van der Waals surface area (Å²) in [7, 11) is 5.96. The third-order valence-electron chi connectivity index (χ3n) is 8.12. The van der Waals surface area contributed by atoms with Gasteiger partial charge in [-0.15, -0.1) is 0 Å². The van der Waals surface area contributed by atoms with Crippen LogP contribution in [0.3, 0.4) is 0 Å². The summed E-state index contributed by atoms with van der Waals surface area (Å²) in [5.74, 6) is 0.300. The molecule has 1 amide bonds. The van der Waals surface area contributed by atoms with E-state index in [0.717, 1.165) is 25.7 Å². The standard InChI is InChI=1S/C37H73N2O5.ClH/c1-6-8-10-12-14-16-18-20-22-24-26-35(40)33-43-30-28-38(37(42)32-39(3,4)5)29-31-44-34-36(41)27-25-23-21-19-17-15-13-11-9-7-2;/h6-34H2,1-5H3;1H/q+1;/p-1. The van der Waals surface area contributed by atoms with Gasteiger partial charge in [0, 0.05) is 25.9 Å². The average Bonchev–Trinajstić information content (AvgIpc) is 2.97. The molecule has 0 aromatic carbocycles. The summed E-state index contributed by atoms with van der Waals surface area (Å²) in [4.78, 5) is 39.1. The molecule has 0 aliphatic rings. The van der Waals surface area contributed by atoms with Crippen LogP contribution in [0.25, 0.3) is 0 Å². The van der Waals surface area contributed by atoms with Gasteiger partial charge in [-0.05, 0) is 12.8 Å². The molecule has 0 saturated carbocycles. The van der Waals surface area contributed by atoms with Crippen LogP contribution < -0.4 is 12.4 Å². The molecule has 268 valence electrons. The van der Waals surface area contributed by atoms with Gasteiger partial charge in [0.2, 0.25) is 0 Å². The maximum Gasteiger partial charge on any atom is 0.277 e. The van der Waals surface area contributed by atoms with Gasteiger partial charge in [0.15, 0.2) is 18.1 Å². The fourth-order valence-electron chi connectivity index (χ4n) is 5.35. The van der Waals surface area contributed by atoms with Gasteiger partial charge in [-0.1, -0.05) is 129 Å². The predicted molar refractivity (Wildman–Crippen MR) is 184 cm³/mol. The largest absolute Gasteiger partial charge is 1.00 e. The maximum atomic E-state index is 12.9. The van der Waals surface area contributed by atoms with Gasteiger partial charge in [0.05, 0.1) is 34.4 Å². The molecule has 0 radical (unpaired) electrons. The van der Waals surface area contributed by atoms with Crippen molar-refractivity contribution in [2.75, 3.05) is 67.2 Å². The van der Waals surface area contributed by atoms with Crippen LogP contribution in [-0.4, -0.2) is 94.1 Å². The molecule has 0 spiro atoms. The van der Waals surface area contributed by atoms with Crippen LogP contribution in [0.2, 0.25) is 0 Å². The fourth-order valence-corrected chi connectivity index (χ4v) is 5.35. The molecule has 8 heteroatoms. The number of amides is 1. The minimum atomic E-state index is 0. The molecule has 0 saturated heterocycles. The first-order valence-corrected chi connectivity index (χ1v) is 18.5. The molecular formula is C37H73ClN2O5. The van der Waals surface area contributed by atoms with Crippen LogP contribution in [0.5, 0.6) is 0 Å². The molecule has 0 aromatic rings. The Balaban J connectivity index is 0. The van der Waals surface area contributed by atoms with Gasteiger partial charge in [-0.25, -0.2) is 0 Å². The lowest BCUT2D eigenvalue weighted by Crippen LogP contribution is -3.00. The zero-order valence-corrected chi connectivity index (χ0v) is 31.1. The molecule has 0 N–H and O–H groups in total. The van der Waals surface area contributed by atoms with E-state index in [9.17, 15) is 14.4 Å². The highest BCUT2D eigenvalue weighted by atomic mass is 35.5. The van der Waals surface area contributed by atoms with E-state index in [4.69, 9.17) is 9.47 Å². The Hall–Kier alpha value is -1.02. The van der Waals surface area contributed by atoms with Crippen LogP contribution in [0.1, 0.15) is 155 Å². The number of ketones is 2. The number of hydrogen-bond donors (Lipinski definition) is 0. The second-order valence-electron chi connectivity index (χ2n) is 13.9. The van der Waals surface area contributed by atoms with E-state index >= 15 is 0 Å². The quantitative estimate of drug-likeness (QED) is 0.0691. The summed E-state index contributed by atoms with van der Waals surface area (Å²) in [6, 6.07) is 0. The highest BCUT2D eigenvalue weighted by Gasteiger charge is 2.21. The van der Waals surface area contributed by atoms with Crippen molar-refractivity contribution in [3.05, 3.63) is 0 Å². The molecule has 45 heavy (non-hydrogen) atoms. The monoisotopic (exact) mass is 661 g/mol. The third-order valence-corrected chi connectivity index (χ3v) is 8.12. The zero-order chi connectivity index (χ0) is 32.7. The lowest BCUT2D eigenvalue weighted by Gasteiger charge is -2.28. The van der Waals surface area contributed by atoms with Crippen LogP contribution in [0.4, 0.5) is 0 Å². The van der Waals surface area contributed by atoms with Gasteiger partial charge in [-0.3, -0.25) is 14.4 Å². The maximum absolute atomic E-state index is 12.9. The first-order valence-electron chi connectivity index (χ1n) is 18.5. The molecular weight excluding hydrogens is 588 g/mol. The predicted octanol–water partition coefficient (Wildman–Crippen LogP) is 5.32. The Labute approximate surface area is 284 Å². The lowest BCUT2D eigenvalue weighted by atomic mass is 10.1. The smallest absolute Gasteiger partial charge is 0.277 e. The Morgan fingerprint density at radius 1 is 0.511 bits per heavy atom. The molecule has 0 aromatic heterocycles. The second kappa shape index (κ2) is 32.9. The van der Waals surface area contributed by atoms with E-state index in [-0.39, 0.29) is 43.1 Å². The number of ether oxygens (including phenoxy) is 2. The first kappa shape index (κ1) is 46.1. The van der Waals surface area contributed by atoms with E-state index in [1.165, 1.54) is 103 Å². The fraction of sp³-hybridized carbons (Fsp3) is 0.919. The molecule has 7 nitrogen and oxygen atoms in total. The summed E-state index contributed by atoms with van der Waals surface area (Å²) >= 11 is 0. The van der Waals surface area contributed by atoms with Crippen LogP contribution >= 0.6 is 0 Å². The third kappa shape index (κ3) is 34.1. The number of carbonyl (C=O) groups excluding carboxylic acids is 3. The Morgan fingerprint density at radius 2 is 0.822 bits per heavy atom. The highest BCUT2D eigenvalue weighted by molar-refractivity contribution is 5.80. The van der Waals surface area contributed by atoms with E-state index in [0.29, 0.717) is 50.2 Å². The minimum absolute atomic E-state index is 0. The van der Waals surface area contributed by atoms with Crippen LogP contribution in [0.15, 0.2) is 0 Å². The molecule has 0 aliphatic carbocycles. The molecule has 0 heterocycles. The van der Waals surface area contributed by atoms with Crippen molar-refractivity contribution in [3.8, 4) is 0 Å². The zero-order valence-electron chi connectivity index (χ0n) is 30.3. The second-order valence-corrected chi connectivity index (χ2v) is 13.9. The number of Topliss-reactive ketones (excluding diaryl/α,β-unsaturated/α-hetero) is 2. The summed E-state index contributed by atoms with van der Waals surface area (Å²) in [6.07, 6.45) is 26.2. The van der Waals surface area contributed by atoms with Crippen molar-refractivity contribution in [2.45, 2.75) is 155 Å². The van der Waals surface area contributed by atoms with E-state index in [1.54, 1.807) is 4.90 Å². The van der Waals surface area contributed by atoms with Gasteiger partial charge < -0.3 is 31.3 Å². The van der Waals surface area contributed by atoms with Gasteiger partial charge in [0.25, 0.3) is 5.91 Å². The first-order chi connectivity index (χ1) is 21.2. The summed E-state index contributed by atoms with van der Waals surface area (Å²) in [5, 5.41) is 0. The van der Waals surface area contributed by atoms with Crippen molar-refractivity contribution >= 4 is 17.5 Å². The molecule has 0 bridgehead atoms. The number of carbonyl (C=O) groups is 3. The van der Waals surface area contributed by atoms with Crippen molar-refractivity contribution in [1.82, 2.24) is 4.90 Å². The Morgan fingerprint density at radius 3 is 1.13 bits per heavy atom. The van der Waals surface area contributed by atoms with Crippen molar-refractivity contribution in [2.24, 2.45) is 0 Å². The van der Waals surface area contributed by atoms with E-state index in [2.05, 4.69) is 13.8 Å². The van der Waals surface area contributed by atoms with Crippen molar-refractivity contribution in [1.29, 1.82) is 0 Å². The topological polar surface area (TPSA) is 72.9 Å². The highest BCUT2D eigenvalue weighted by Crippen LogP contribution is 2.13. The summed E-state index contributed by atoms with van der Waals surface area (Å²) in [6.45, 7) is 6.57. The Kier molecular flexibility index (Phi) is 33.7. The number of nitrogens with zero attached hydrogens (tertiary/aromatic N) is 2. The molecule has 0 unspecified atom stereocenters. The average molecular weight is 661 g/mol. The molecule has 0 fully saturated rings. The SMILES string of the molecule is CCCCCCCCCCCCC(=O)COCCN(CCOCC(=O)CCCCCCCCCCCC)C(=O)C[N+](C)(C)C.[Cl-]. The molecule has 0 rings (SSSR count). The number of halogens is 1. The van der Waals surface area contributed by atoms with Gasteiger partial charge >= 0.3 is 0 Å². The van der Waals surface area contributed by atoms with Crippen LogP contribution in [-0.2, 0) is 23.9 Å². The van der Waals surface area contributed by atoms with Crippen molar-refractivity contribution in [3.63, 3.8) is 0 Å². The molecule has 0 atom stereocenters.